The smallest absolute Gasteiger partial charge is 0.102 e. The monoisotopic (exact) mass is 226 g/mol. The summed E-state index contributed by atoms with van der Waals surface area (Å²) < 4.78 is 1.76. The summed E-state index contributed by atoms with van der Waals surface area (Å²) in [5, 5.41) is 16.6. The van der Waals surface area contributed by atoms with Gasteiger partial charge in [0.15, 0.2) is 0 Å². The maximum atomic E-state index is 9.09. The average molecular weight is 226 g/mol. The molecule has 0 saturated heterocycles. The molecule has 0 atom stereocenters. The minimum absolute atomic E-state index is 0.624. The minimum Gasteiger partial charge on any atom is -0.378 e. The lowest BCUT2D eigenvalue weighted by atomic mass is 10.1. The van der Waals surface area contributed by atoms with Gasteiger partial charge in [-0.1, -0.05) is 12.1 Å². The molecule has 2 rings (SSSR count). The molecule has 1 aromatic heterocycles. The number of nitrogens with one attached hydrogen (secondary N) is 1. The summed E-state index contributed by atoms with van der Waals surface area (Å²) in [6.07, 6.45) is 1.90. The van der Waals surface area contributed by atoms with Crippen molar-refractivity contribution < 1.29 is 0 Å². The van der Waals surface area contributed by atoms with Gasteiger partial charge in [0, 0.05) is 13.2 Å². The first-order valence-corrected chi connectivity index (χ1v) is 5.43. The van der Waals surface area contributed by atoms with Gasteiger partial charge in [-0.25, -0.2) is 0 Å². The second kappa shape index (κ2) is 4.71. The Balaban J connectivity index is 2.14. The first-order chi connectivity index (χ1) is 8.20. The van der Waals surface area contributed by atoms with Crippen LogP contribution in [0.1, 0.15) is 16.8 Å². The molecule has 0 amide bonds. The van der Waals surface area contributed by atoms with Crippen molar-refractivity contribution in [1.82, 2.24) is 9.78 Å². The summed E-state index contributed by atoms with van der Waals surface area (Å²) in [4.78, 5) is 0. The van der Waals surface area contributed by atoms with E-state index < -0.39 is 0 Å². The van der Waals surface area contributed by atoms with Gasteiger partial charge in [0.1, 0.15) is 6.07 Å². The molecule has 0 aliphatic heterocycles. The predicted octanol–water partition coefficient (Wildman–Crippen LogP) is 2.21. The first-order valence-electron chi connectivity index (χ1n) is 5.43. The summed E-state index contributed by atoms with van der Waals surface area (Å²) >= 11 is 0. The first kappa shape index (κ1) is 11.2. The molecule has 17 heavy (non-hydrogen) atoms. The van der Waals surface area contributed by atoms with Crippen molar-refractivity contribution in [2.24, 2.45) is 7.05 Å². The van der Waals surface area contributed by atoms with Crippen LogP contribution in [0.4, 0.5) is 5.69 Å². The number of benzene rings is 1. The highest BCUT2D eigenvalue weighted by atomic mass is 15.3. The van der Waals surface area contributed by atoms with Gasteiger partial charge in [0.05, 0.1) is 23.5 Å². The van der Waals surface area contributed by atoms with Crippen molar-refractivity contribution in [3.63, 3.8) is 0 Å². The van der Waals surface area contributed by atoms with E-state index in [0.717, 1.165) is 16.9 Å². The molecule has 0 unspecified atom stereocenters. The highest BCUT2D eigenvalue weighted by molar-refractivity contribution is 5.60. The van der Waals surface area contributed by atoms with Crippen LogP contribution in [0.2, 0.25) is 0 Å². The van der Waals surface area contributed by atoms with Crippen LogP contribution in [0.3, 0.4) is 0 Å². The van der Waals surface area contributed by atoms with Crippen LogP contribution in [0.15, 0.2) is 30.5 Å². The molecule has 4 heteroatoms. The van der Waals surface area contributed by atoms with Gasteiger partial charge in [-0.15, -0.1) is 0 Å². The number of nitrogens with zero attached hydrogens (tertiary/aromatic N) is 3. The van der Waals surface area contributed by atoms with Crippen LogP contribution in [-0.4, -0.2) is 9.78 Å². The van der Waals surface area contributed by atoms with E-state index in [2.05, 4.69) is 16.5 Å². The number of aryl methyl sites for hydroxylation is 2. The predicted molar refractivity (Wildman–Crippen MR) is 66.4 cm³/mol. The molecule has 86 valence electrons. The van der Waals surface area contributed by atoms with Crippen LogP contribution >= 0.6 is 0 Å². The molecule has 0 saturated carbocycles. The van der Waals surface area contributed by atoms with Crippen LogP contribution in [-0.2, 0) is 13.6 Å². The van der Waals surface area contributed by atoms with Crippen LogP contribution in [0, 0.1) is 18.3 Å². The number of aromatic nitrogens is 2. The maximum absolute atomic E-state index is 9.09. The molecule has 1 aromatic carbocycles. The zero-order valence-corrected chi connectivity index (χ0v) is 9.94. The normalized spacial score (nSPS) is 9.94. The molecular weight excluding hydrogens is 212 g/mol. The van der Waals surface area contributed by atoms with E-state index >= 15 is 0 Å². The molecule has 0 aliphatic carbocycles. The third-order valence-electron chi connectivity index (χ3n) is 2.61. The zero-order valence-electron chi connectivity index (χ0n) is 9.94. The largest absolute Gasteiger partial charge is 0.378 e. The number of nitriles is 1. The van der Waals surface area contributed by atoms with E-state index in [1.165, 1.54) is 0 Å². The van der Waals surface area contributed by atoms with Crippen LogP contribution < -0.4 is 5.32 Å². The summed E-state index contributed by atoms with van der Waals surface area (Å²) in [6, 6.07) is 9.96. The van der Waals surface area contributed by atoms with Gasteiger partial charge in [0.2, 0.25) is 0 Å². The number of hydrogen-bond acceptors (Lipinski definition) is 3. The number of rotatable bonds is 3. The maximum Gasteiger partial charge on any atom is 0.102 e. The Morgan fingerprint density at radius 3 is 2.88 bits per heavy atom. The quantitative estimate of drug-likeness (QED) is 0.873. The fraction of sp³-hybridized carbons (Fsp3) is 0.231. The van der Waals surface area contributed by atoms with Crippen LogP contribution in [0.5, 0.6) is 0 Å². The summed E-state index contributed by atoms with van der Waals surface area (Å²) in [6.45, 7) is 2.56. The van der Waals surface area contributed by atoms with Crippen LogP contribution in [0.25, 0.3) is 0 Å². The Labute approximate surface area is 100 Å². The van der Waals surface area contributed by atoms with E-state index in [1.54, 1.807) is 4.68 Å². The summed E-state index contributed by atoms with van der Waals surface area (Å²) in [5.41, 5.74) is 3.50. The third-order valence-corrected chi connectivity index (χ3v) is 2.61. The SMILES string of the molecule is Cc1cccc(NCc2ccn(C)n2)c1C#N. The van der Waals surface area contributed by atoms with Crippen molar-refractivity contribution in [3.8, 4) is 6.07 Å². The Kier molecular flexibility index (Phi) is 3.10. The van der Waals surface area contributed by atoms with Gasteiger partial charge < -0.3 is 5.32 Å². The fourth-order valence-electron chi connectivity index (χ4n) is 1.71. The Bertz CT molecular complexity index is 563. The molecule has 1 N–H and O–H groups in total. The Hall–Kier alpha value is -2.28. The molecule has 4 nitrogen and oxygen atoms in total. The molecule has 0 bridgehead atoms. The Morgan fingerprint density at radius 1 is 1.41 bits per heavy atom. The van der Waals surface area contributed by atoms with E-state index in [4.69, 9.17) is 5.26 Å². The van der Waals surface area contributed by atoms with E-state index in [0.29, 0.717) is 12.1 Å². The second-order valence-corrected chi connectivity index (χ2v) is 3.94. The second-order valence-electron chi connectivity index (χ2n) is 3.94. The molecule has 2 aromatic rings. The van der Waals surface area contributed by atoms with E-state index in [1.807, 2.05) is 44.4 Å². The van der Waals surface area contributed by atoms with Gasteiger partial charge in [-0.05, 0) is 24.6 Å². The summed E-state index contributed by atoms with van der Waals surface area (Å²) in [7, 11) is 1.89. The number of anilines is 1. The van der Waals surface area contributed by atoms with Crippen molar-refractivity contribution >= 4 is 5.69 Å². The topological polar surface area (TPSA) is 53.6 Å². The fourth-order valence-corrected chi connectivity index (χ4v) is 1.71. The highest BCUT2D eigenvalue weighted by Crippen LogP contribution is 2.18. The molecule has 0 spiro atoms. The zero-order chi connectivity index (χ0) is 12.3. The molecular formula is C13H14N4. The van der Waals surface area contributed by atoms with Crippen molar-refractivity contribution in [3.05, 3.63) is 47.3 Å². The molecule has 0 fully saturated rings. The van der Waals surface area contributed by atoms with E-state index in [9.17, 15) is 0 Å². The van der Waals surface area contributed by atoms with E-state index in [-0.39, 0.29) is 0 Å². The van der Waals surface area contributed by atoms with Crippen molar-refractivity contribution in [2.75, 3.05) is 5.32 Å². The molecule has 0 radical (unpaired) electrons. The average Bonchev–Trinajstić information content (AvgIpc) is 2.72. The minimum atomic E-state index is 0.624. The summed E-state index contributed by atoms with van der Waals surface area (Å²) in [5.74, 6) is 0. The third kappa shape index (κ3) is 2.45. The lowest BCUT2D eigenvalue weighted by Crippen LogP contribution is -2.03. The van der Waals surface area contributed by atoms with Gasteiger partial charge >= 0.3 is 0 Å². The standard InChI is InChI=1S/C13H14N4/c1-10-4-3-5-13(12(10)8-14)15-9-11-6-7-17(2)16-11/h3-7,15H,9H2,1-2H3. The van der Waals surface area contributed by atoms with Gasteiger partial charge in [-0.3, -0.25) is 4.68 Å². The molecule has 1 heterocycles. The lowest BCUT2D eigenvalue weighted by molar-refractivity contribution is 0.747. The van der Waals surface area contributed by atoms with Crippen molar-refractivity contribution in [1.29, 1.82) is 5.26 Å². The lowest BCUT2D eigenvalue weighted by Gasteiger charge is -2.08. The highest BCUT2D eigenvalue weighted by Gasteiger charge is 2.04. The Morgan fingerprint density at radius 2 is 2.24 bits per heavy atom. The molecule has 0 aliphatic rings. The van der Waals surface area contributed by atoms with Gasteiger partial charge in [0.25, 0.3) is 0 Å². The van der Waals surface area contributed by atoms with Gasteiger partial charge in [-0.2, -0.15) is 10.4 Å². The van der Waals surface area contributed by atoms with Crippen molar-refractivity contribution in [2.45, 2.75) is 13.5 Å². The number of hydrogen-bond donors (Lipinski definition) is 1.